The quantitative estimate of drug-likeness (QED) is 0.243. The number of amides is 1. The van der Waals surface area contributed by atoms with E-state index >= 15 is 0 Å². The summed E-state index contributed by atoms with van der Waals surface area (Å²) in [5.74, 6) is 0.221. The van der Waals surface area contributed by atoms with E-state index in [1.807, 2.05) is 4.90 Å². The van der Waals surface area contributed by atoms with Crippen molar-refractivity contribution in [1.82, 2.24) is 23.9 Å². The number of piperidine rings is 1. The van der Waals surface area contributed by atoms with Gasteiger partial charge in [-0.3, -0.25) is 9.48 Å². The number of carbonyl (C=O) groups excluding carboxylic acids is 1. The highest BCUT2D eigenvalue weighted by Gasteiger charge is 2.36. The van der Waals surface area contributed by atoms with Crippen molar-refractivity contribution >= 4 is 37.9 Å². The number of quaternary nitrogens is 1. The Hall–Kier alpha value is -2.26. The lowest BCUT2D eigenvalue weighted by Crippen LogP contribution is -2.50. The summed E-state index contributed by atoms with van der Waals surface area (Å²) in [5, 5.41) is 21.2. The van der Waals surface area contributed by atoms with Gasteiger partial charge >= 0.3 is 16.4 Å². The minimum Gasteiger partial charge on any atom is -0.390 e. The summed E-state index contributed by atoms with van der Waals surface area (Å²) in [6.45, 7) is 2.86. The van der Waals surface area contributed by atoms with Crippen LogP contribution < -0.4 is 5.14 Å². The second-order valence-corrected chi connectivity index (χ2v) is 18.7. The monoisotopic (exact) mass is 752 g/mol. The van der Waals surface area contributed by atoms with Crippen molar-refractivity contribution in [1.29, 1.82) is 0 Å². The number of halogens is 3. The molecule has 1 atom stereocenters. The van der Waals surface area contributed by atoms with Crippen LogP contribution in [0.1, 0.15) is 42.5 Å². The second-order valence-electron chi connectivity index (χ2n) is 13.5. The van der Waals surface area contributed by atoms with Gasteiger partial charge in [-0.2, -0.15) is 36.1 Å². The predicted molar refractivity (Wildman–Crippen MR) is 179 cm³/mol. The van der Waals surface area contributed by atoms with E-state index in [4.69, 9.17) is 10.2 Å². The number of likely N-dealkylation sites (tertiary alicyclic amines) is 2. The molecule has 274 valence electrons. The molecule has 1 unspecified atom stereocenters. The Balaban J connectivity index is 1.38. The molecule has 3 aliphatic heterocycles. The molecule has 19 heteroatoms. The number of rotatable bonds is 12. The highest BCUT2D eigenvalue weighted by atomic mass is 32.2. The van der Waals surface area contributed by atoms with Crippen molar-refractivity contribution in [3.8, 4) is 11.3 Å². The first-order chi connectivity index (χ1) is 22.7. The van der Waals surface area contributed by atoms with Gasteiger partial charge in [0, 0.05) is 85.6 Å². The fourth-order valence-electron chi connectivity index (χ4n) is 6.68. The summed E-state index contributed by atoms with van der Waals surface area (Å²) < 4.78 is 93.4. The average Bonchev–Trinajstić information content (AvgIpc) is 3.59. The van der Waals surface area contributed by atoms with Crippen molar-refractivity contribution in [3.63, 3.8) is 0 Å². The minimum absolute atomic E-state index is 0.0160. The average molecular weight is 753 g/mol. The molecule has 0 saturated carbocycles. The molecule has 1 aromatic carbocycles. The SMILES string of the molecule is C[N+](C)(CCSc1cc(-c2nn(CC(O)CN3CCC(N4CCCC4=O)CC3)c3c2CN(S(C)(=O)=O)CC3)ccc1C(F)(F)F)S(N)(=O)=O. The largest absolute Gasteiger partial charge is 0.417 e. The third kappa shape index (κ3) is 8.80. The third-order valence-corrected chi connectivity index (χ3v) is 13.5. The first kappa shape index (κ1) is 38.0. The molecule has 13 nitrogen and oxygen atoms in total. The van der Waals surface area contributed by atoms with Gasteiger partial charge in [-0.25, -0.2) is 12.3 Å². The van der Waals surface area contributed by atoms with Gasteiger partial charge in [0.15, 0.2) is 0 Å². The van der Waals surface area contributed by atoms with E-state index in [2.05, 4.69) is 4.90 Å². The Kier molecular flexibility index (Phi) is 11.2. The second kappa shape index (κ2) is 14.4. The highest BCUT2D eigenvalue weighted by Crippen LogP contribution is 2.40. The van der Waals surface area contributed by atoms with Crippen molar-refractivity contribution in [2.75, 3.05) is 65.4 Å². The standard InChI is InChI=1S/C30H45F3N7O6S3/c1-40(2,49(34,45)46)15-16-47-27-17-21(6-7-25(27)30(31,32)33)29-24-20-37(48(3,43)44)14-10-26(24)39(35-29)19-23(41)18-36-12-8-22(9-13-36)38-11-4-5-28(38)42/h6-7,17,22-23,41H,4-5,8-16,18-20H2,1-3H3,(H2,34,45,46)/q+1. The van der Waals surface area contributed by atoms with Crippen LogP contribution >= 0.6 is 11.8 Å². The van der Waals surface area contributed by atoms with Gasteiger partial charge in [-0.1, -0.05) is 6.07 Å². The summed E-state index contributed by atoms with van der Waals surface area (Å²) in [6.07, 6.45) is -0.955. The number of aliphatic hydroxyl groups excluding tert-OH is 1. The maximum absolute atomic E-state index is 14.1. The molecule has 1 amide bonds. The summed E-state index contributed by atoms with van der Waals surface area (Å²) in [5.41, 5.74) is 1.04. The molecule has 5 rings (SSSR count). The number of nitrogens with two attached hydrogens (primary N) is 1. The molecule has 2 aromatic rings. The number of aliphatic hydroxyl groups is 1. The number of hydrogen-bond donors (Lipinski definition) is 2. The molecule has 1 aromatic heterocycles. The van der Waals surface area contributed by atoms with Gasteiger partial charge in [-0.05, 0) is 31.4 Å². The van der Waals surface area contributed by atoms with Gasteiger partial charge < -0.3 is 14.9 Å². The molecule has 2 fully saturated rings. The zero-order valence-corrected chi connectivity index (χ0v) is 30.3. The van der Waals surface area contributed by atoms with Crippen LogP contribution in [0, 0.1) is 0 Å². The molecular weight excluding hydrogens is 708 g/mol. The van der Waals surface area contributed by atoms with Crippen molar-refractivity contribution in [2.45, 2.75) is 68.4 Å². The van der Waals surface area contributed by atoms with Crippen LogP contribution in [0.25, 0.3) is 11.3 Å². The van der Waals surface area contributed by atoms with Crippen LogP contribution in [-0.2, 0) is 50.7 Å². The summed E-state index contributed by atoms with van der Waals surface area (Å²) in [4.78, 5) is 16.2. The van der Waals surface area contributed by atoms with Gasteiger partial charge in [0.2, 0.25) is 15.9 Å². The molecule has 49 heavy (non-hydrogen) atoms. The number of carbonyl (C=O) groups is 1. The maximum atomic E-state index is 14.1. The molecular formula is C30H45F3N7O6S3+. The van der Waals surface area contributed by atoms with E-state index in [1.165, 1.54) is 30.5 Å². The lowest BCUT2D eigenvalue weighted by atomic mass is 10.0. The predicted octanol–water partition coefficient (Wildman–Crippen LogP) is 1.71. The number of β-amino-alcohol motifs (C(OH)–C–C–N with tert-alkyl or cyclic N) is 1. The molecule has 3 N–H and O–H groups in total. The number of benzene rings is 1. The van der Waals surface area contributed by atoms with Gasteiger partial charge in [-0.15, -0.1) is 11.8 Å². The fraction of sp³-hybridized carbons (Fsp3) is 0.667. The van der Waals surface area contributed by atoms with Crippen LogP contribution in [-0.4, -0.2) is 133 Å². The molecule has 0 radical (unpaired) electrons. The summed E-state index contributed by atoms with van der Waals surface area (Å²) in [6, 6.07) is 3.82. The van der Waals surface area contributed by atoms with Crippen molar-refractivity contribution < 1.29 is 43.8 Å². The number of nitrogens with zero attached hydrogens (tertiary/aromatic N) is 6. The Bertz CT molecular complexity index is 1760. The van der Waals surface area contributed by atoms with E-state index in [0.717, 1.165) is 63.0 Å². The first-order valence-electron chi connectivity index (χ1n) is 16.2. The van der Waals surface area contributed by atoms with Gasteiger partial charge in [0.05, 0.1) is 44.3 Å². The number of aromatic nitrogens is 2. The Morgan fingerprint density at radius 2 is 1.78 bits per heavy atom. The molecule has 4 heterocycles. The Labute approximate surface area is 290 Å². The molecule has 2 saturated heterocycles. The number of fused-ring (bicyclic) bond motifs is 1. The van der Waals surface area contributed by atoms with Crippen molar-refractivity contribution in [2.24, 2.45) is 5.14 Å². The van der Waals surface area contributed by atoms with E-state index in [-0.39, 0.29) is 48.8 Å². The molecule has 3 aliphatic rings. The molecule has 0 spiro atoms. The topological polar surface area (TPSA) is 159 Å². The Morgan fingerprint density at radius 1 is 1.08 bits per heavy atom. The number of hydrogen-bond acceptors (Lipinski definition) is 9. The van der Waals surface area contributed by atoms with Crippen LogP contribution in [0.15, 0.2) is 23.1 Å². The van der Waals surface area contributed by atoms with Crippen molar-refractivity contribution in [3.05, 3.63) is 35.0 Å². The lowest BCUT2D eigenvalue weighted by molar-refractivity contribution is -0.759. The normalized spacial score (nSPS) is 19.8. The smallest absolute Gasteiger partial charge is 0.390 e. The summed E-state index contributed by atoms with van der Waals surface area (Å²) >= 11 is 0.849. The van der Waals surface area contributed by atoms with Crippen LogP contribution in [0.3, 0.4) is 0 Å². The van der Waals surface area contributed by atoms with E-state index in [1.54, 1.807) is 4.68 Å². The van der Waals surface area contributed by atoms with Gasteiger partial charge in [0.1, 0.15) is 6.54 Å². The van der Waals surface area contributed by atoms with E-state index < -0.39 is 42.0 Å². The maximum Gasteiger partial charge on any atom is 0.417 e. The Morgan fingerprint density at radius 3 is 2.37 bits per heavy atom. The molecule has 0 bridgehead atoms. The van der Waals surface area contributed by atoms with E-state index in [9.17, 15) is 39.9 Å². The minimum atomic E-state index is -4.68. The zero-order chi connectivity index (χ0) is 35.9. The lowest BCUT2D eigenvalue weighted by Gasteiger charge is -2.37. The highest BCUT2D eigenvalue weighted by molar-refractivity contribution is 7.99. The van der Waals surface area contributed by atoms with Crippen LogP contribution in [0.2, 0.25) is 0 Å². The van der Waals surface area contributed by atoms with Crippen LogP contribution in [0.4, 0.5) is 13.2 Å². The van der Waals surface area contributed by atoms with Gasteiger partial charge in [0.25, 0.3) is 0 Å². The summed E-state index contributed by atoms with van der Waals surface area (Å²) in [7, 11) is -4.87. The zero-order valence-electron chi connectivity index (χ0n) is 27.9. The van der Waals surface area contributed by atoms with Crippen LogP contribution in [0.5, 0.6) is 0 Å². The fourth-order valence-corrected chi connectivity index (χ4v) is 9.25. The third-order valence-electron chi connectivity index (χ3n) is 9.67. The number of alkyl halides is 3. The number of thioether (sulfide) groups is 1. The van der Waals surface area contributed by atoms with E-state index in [0.29, 0.717) is 41.9 Å². The number of sulfonamides is 1. The molecule has 0 aliphatic carbocycles. The first-order valence-corrected chi connectivity index (χ1v) is 20.5.